The number of aryl methyl sites for hydroxylation is 2. The zero-order valence-electron chi connectivity index (χ0n) is 15.1. The summed E-state index contributed by atoms with van der Waals surface area (Å²) in [4.78, 5) is 18.8. The maximum absolute atomic E-state index is 12.4. The molecule has 0 unspecified atom stereocenters. The number of imidazole rings is 1. The van der Waals surface area contributed by atoms with Gasteiger partial charge in [0.1, 0.15) is 18.0 Å². The van der Waals surface area contributed by atoms with Gasteiger partial charge in [-0.3, -0.25) is 0 Å². The number of hydrogen-bond acceptors (Lipinski definition) is 4. The molecule has 1 fully saturated rings. The van der Waals surface area contributed by atoms with Gasteiger partial charge in [0.15, 0.2) is 0 Å². The summed E-state index contributed by atoms with van der Waals surface area (Å²) in [6.07, 6.45) is 9.49. The SMILES string of the molecule is CCc1nncn1CCNC(=O)N1CCC[C@H](Cc2nccn2C)C1. The molecule has 8 heteroatoms. The van der Waals surface area contributed by atoms with Crippen molar-refractivity contribution in [1.29, 1.82) is 0 Å². The average Bonchev–Trinajstić information content (AvgIpc) is 3.24. The molecule has 8 nitrogen and oxygen atoms in total. The highest BCUT2D eigenvalue weighted by Crippen LogP contribution is 2.20. The first-order valence-corrected chi connectivity index (χ1v) is 9.03. The van der Waals surface area contributed by atoms with Crippen molar-refractivity contribution in [2.75, 3.05) is 19.6 Å². The number of rotatable bonds is 6. The quantitative estimate of drug-likeness (QED) is 0.854. The van der Waals surface area contributed by atoms with Crippen LogP contribution in [0.1, 0.15) is 31.4 Å². The summed E-state index contributed by atoms with van der Waals surface area (Å²) in [7, 11) is 2.02. The molecule has 2 aromatic heterocycles. The zero-order chi connectivity index (χ0) is 17.6. The average molecular weight is 345 g/mol. The first-order chi connectivity index (χ1) is 12.2. The van der Waals surface area contributed by atoms with Gasteiger partial charge in [0.05, 0.1) is 0 Å². The number of hydrogen-bond donors (Lipinski definition) is 1. The Labute approximate surface area is 148 Å². The molecule has 0 spiro atoms. The lowest BCUT2D eigenvalue weighted by Gasteiger charge is -2.32. The number of urea groups is 1. The minimum Gasteiger partial charge on any atom is -0.338 e. The summed E-state index contributed by atoms with van der Waals surface area (Å²) in [5.74, 6) is 2.51. The Balaban J connectivity index is 1.46. The van der Waals surface area contributed by atoms with Gasteiger partial charge in [-0.2, -0.15) is 0 Å². The Morgan fingerprint density at radius 1 is 1.40 bits per heavy atom. The zero-order valence-corrected chi connectivity index (χ0v) is 15.1. The standard InChI is InChI=1S/C17H27N7O/c1-3-15-21-20-13-24(15)10-7-19-17(25)23-8-4-5-14(12-23)11-16-18-6-9-22(16)2/h6,9,13-14H,3-5,7-8,10-12H2,1-2H3,(H,19,25)/t14-/m1/s1. The second-order valence-electron chi connectivity index (χ2n) is 6.64. The van der Waals surface area contributed by atoms with Crippen molar-refractivity contribution >= 4 is 6.03 Å². The molecule has 0 saturated carbocycles. The van der Waals surface area contributed by atoms with Gasteiger partial charge < -0.3 is 19.4 Å². The van der Waals surface area contributed by atoms with Crippen LogP contribution in [0.2, 0.25) is 0 Å². The highest BCUT2D eigenvalue weighted by molar-refractivity contribution is 5.74. The third-order valence-electron chi connectivity index (χ3n) is 4.84. The topological polar surface area (TPSA) is 80.9 Å². The molecule has 1 saturated heterocycles. The molecule has 2 amide bonds. The highest BCUT2D eigenvalue weighted by atomic mass is 16.2. The van der Waals surface area contributed by atoms with Crippen molar-refractivity contribution in [3.8, 4) is 0 Å². The third-order valence-corrected chi connectivity index (χ3v) is 4.84. The van der Waals surface area contributed by atoms with Crippen LogP contribution in [-0.2, 0) is 26.4 Å². The van der Waals surface area contributed by atoms with Gasteiger partial charge in [-0.05, 0) is 18.8 Å². The molecular formula is C17H27N7O. The van der Waals surface area contributed by atoms with E-state index in [0.29, 0.717) is 19.0 Å². The lowest BCUT2D eigenvalue weighted by molar-refractivity contribution is 0.164. The van der Waals surface area contributed by atoms with Crippen molar-refractivity contribution < 1.29 is 4.79 Å². The first kappa shape index (κ1) is 17.4. The predicted octanol–water partition coefficient (Wildman–Crippen LogP) is 1.24. The highest BCUT2D eigenvalue weighted by Gasteiger charge is 2.24. The third kappa shape index (κ3) is 4.37. The molecule has 136 valence electrons. The Hall–Kier alpha value is -2.38. The normalized spacial score (nSPS) is 17.7. The Morgan fingerprint density at radius 3 is 3.04 bits per heavy atom. The van der Waals surface area contributed by atoms with Crippen molar-refractivity contribution in [1.82, 2.24) is 34.5 Å². The molecule has 0 aromatic carbocycles. The first-order valence-electron chi connectivity index (χ1n) is 9.03. The Kier molecular flexibility index (Phi) is 5.67. The van der Waals surface area contributed by atoms with Crippen LogP contribution in [0.4, 0.5) is 4.79 Å². The molecule has 1 aliphatic heterocycles. The van der Waals surface area contributed by atoms with Crippen LogP contribution in [0.5, 0.6) is 0 Å². The lowest BCUT2D eigenvalue weighted by atomic mass is 9.94. The number of piperidine rings is 1. The number of aromatic nitrogens is 5. The van der Waals surface area contributed by atoms with Crippen LogP contribution in [0.25, 0.3) is 0 Å². The van der Waals surface area contributed by atoms with Crippen LogP contribution < -0.4 is 5.32 Å². The predicted molar refractivity (Wildman–Crippen MR) is 94.0 cm³/mol. The van der Waals surface area contributed by atoms with Crippen molar-refractivity contribution in [2.24, 2.45) is 13.0 Å². The molecule has 25 heavy (non-hydrogen) atoms. The summed E-state index contributed by atoms with van der Waals surface area (Å²) in [6.45, 7) is 4.96. The molecule has 0 bridgehead atoms. The van der Waals surface area contributed by atoms with E-state index in [4.69, 9.17) is 0 Å². The summed E-state index contributed by atoms with van der Waals surface area (Å²) in [5, 5.41) is 11.0. The van der Waals surface area contributed by atoms with Crippen LogP contribution in [-0.4, -0.2) is 54.9 Å². The second kappa shape index (κ2) is 8.13. The molecule has 2 aromatic rings. The number of carbonyl (C=O) groups excluding carboxylic acids is 1. The number of nitrogens with one attached hydrogen (secondary N) is 1. The van der Waals surface area contributed by atoms with E-state index in [1.165, 1.54) is 0 Å². The molecule has 0 aliphatic carbocycles. The minimum absolute atomic E-state index is 0.0238. The minimum atomic E-state index is 0.0238. The van der Waals surface area contributed by atoms with Crippen molar-refractivity contribution in [3.63, 3.8) is 0 Å². The van der Waals surface area contributed by atoms with Crippen molar-refractivity contribution in [3.05, 3.63) is 30.4 Å². The summed E-state index contributed by atoms with van der Waals surface area (Å²) < 4.78 is 4.05. The summed E-state index contributed by atoms with van der Waals surface area (Å²) in [5.41, 5.74) is 0. The van der Waals surface area contributed by atoms with E-state index in [2.05, 4.69) is 32.0 Å². The van der Waals surface area contributed by atoms with Crippen LogP contribution in [0.15, 0.2) is 18.7 Å². The fraction of sp³-hybridized carbons (Fsp3) is 0.647. The fourth-order valence-corrected chi connectivity index (χ4v) is 3.40. The molecule has 1 aliphatic rings. The van der Waals surface area contributed by atoms with E-state index in [0.717, 1.165) is 50.4 Å². The molecular weight excluding hydrogens is 318 g/mol. The number of likely N-dealkylation sites (tertiary alicyclic amines) is 1. The van der Waals surface area contributed by atoms with Gasteiger partial charge in [0, 0.05) is 58.5 Å². The maximum atomic E-state index is 12.4. The molecule has 1 atom stereocenters. The van der Waals surface area contributed by atoms with Gasteiger partial charge >= 0.3 is 6.03 Å². The van der Waals surface area contributed by atoms with Crippen LogP contribution >= 0.6 is 0 Å². The van der Waals surface area contributed by atoms with E-state index in [1.54, 1.807) is 6.33 Å². The summed E-state index contributed by atoms with van der Waals surface area (Å²) in [6, 6.07) is 0.0238. The lowest BCUT2D eigenvalue weighted by Crippen LogP contribution is -2.46. The van der Waals surface area contributed by atoms with Gasteiger partial charge in [-0.1, -0.05) is 6.92 Å². The smallest absolute Gasteiger partial charge is 0.317 e. The van der Waals surface area contributed by atoms with E-state index in [1.807, 2.05) is 28.9 Å². The number of amides is 2. The summed E-state index contributed by atoms with van der Waals surface area (Å²) >= 11 is 0. The number of carbonyl (C=O) groups is 1. The van der Waals surface area contributed by atoms with E-state index in [9.17, 15) is 4.79 Å². The van der Waals surface area contributed by atoms with E-state index >= 15 is 0 Å². The monoisotopic (exact) mass is 345 g/mol. The van der Waals surface area contributed by atoms with Gasteiger partial charge in [-0.25, -0.2) is 9.78 Å². The Bertz CT molecular complexity index is 693. The van der Waals surface area contributed by atoms with Gasteiger partial charge in [-0.15, -0.1) is 10.2 Å². The van der Waals surface area contributed by atoms with Gasteiger partial charge in [0.2, 0.25) is 0 Å². The molecule has 3 rings (SSSR count). The van der Waals surface area contributed by atoms with Crippen molar-refractivity contribution in [2.45, 2.75) is 39.2 Å². The number of nitrogens with zero attached hydrogens (tertiary/aromatic N) is 6. The van der Waals surface area contributed by atoms with Crippen LogP contribution in [0, 0.1) is 5.92 Å². The Morgan fingerprint density at radius 2 is 2.28 bits per heavy atom. The van der Waals surface area contributed by atoms with Crippen LogP contribution in [0.3, 0.4) is 0 Å². The van der Waals surface area contributed by atoms with Gasteiger partial charge in [0.25, 0.3) is 0 Å². The molecule has 3 heterocycles. The fourth-order valence-electron chi connectivity index (χ4n) is 3.40. The molecule has 0 radical (unpaired) electrons. The maximum Gasteiger partial charge on any atom is 0.317 e. The molecule has 1 N–H and O–H groups in total. The van der Waals surface area contributed by atoms with E-state index < -0.39 is 0 Å². The second-order valence-corrected chi connectivity index (χ2v) is 6.64. The largest absolute Gasteiger partial charge is 0.338 e. The van der Waals surface area contributed by atoms with E-state index in [-0.39, 0.29) is 6.03 Å².